The van der Waals surface area contributed by atoms with Gasteiger partial charge in [-0.05, 0) is 74.0 Å². The molecule has 4 rings (SSSR count). The van der Waals surface area contributed by atoms with Crippen molar-refractivity contribution in [2.75, 3.05) is 0 Å². The van der Waals surface area contributed by atoms with Crippen LogP contribution in [0, 0.1) is 0 Å². The van der Waals surface area contributed by atoms with Crippen molar-refractivity contribution in [1.29, 1.82) is 0 Å². The number of aromatic nitrogens is 1. The Morgan fingerprint density at radius 1 is 1.03 bits per heavy atom. The van der Waals surface area contributed by atoms with Crippen molar-refractivity contribution in [2.24, 2.45) is 0 Å². The van der Waals surface area contributed by atoms with Gasteiger partial charge in [0.15, 0.2) is 0 Å². The first-order chi connectivity index (χ1) is 16.2. The van der Waals surface area contributed by atoms with Gasteiger partial charge in [-0.1, -0.05) is 46.7 Å². The van der Waals surface area contributed by atoms with Crippen LogP contribution in [0.3, 0.4) is 0 Å². The van der Waals surface area contributed by atoms with Gasteiger partial charge in [-0.3, -0.25) is 0 Å². The maximum atomic E-state index is 12.1. The zero-order valence-corrected chi connectivity index (χ0v) is 20.7. The minimum atomic E-state index is -1.61. The smallest absolute Gasteiger partial charge is 0.350 e. The molecule has 0 saturated heterocycles. The molecule has 1 N–H and O–H groups in total. The first-order valence-electron chi connectivity index (χ1n) is 10.4. The number of aliphatic carboxylic acids is 1. The van der Waals surface area contributed by atoms with E-state index >= 15 is 0 Å². The van der Waals surface area contributed by atoms with Crippen LogP contribution >= 0.6 is 34.5 Å². The van der Waals surface area contributed by atoms with Crippen LogP contribution in [0.2, 0.25) is 10.0 Å². The van der Waals surface area contributed by atoms with E-state index in [0.717, 1.165) is 15.8 Å². The second-order valence-electron chi connectivity index (χ2n) is 7.76. The number of nitrogens with zero attached hydrogens (tertiary/aromatic N) is 1. The molecule has 34 heavy (non-hydrogen) atoms. The van der Waals surface area contributed by atoms with Crippen LogP contribution in [-0.4, -0.2) is 27.8 Å². The predicted octanol–water partition coefficient (Wildman–Crippen LogP) is 7.22. The zero-order valence-electron chi connectivity index (χ0n) is 18.3. The lowest BCUT2D eigenvalue weighted by molar-refractivity contribution is -0.168. The van der Waals surface area contributed by atoms with E-state index in [9.17, 15) is 9.90 Å². The Morgan fingerprint density at radius 3 is 2.35 bits per heavy atom. The number of benzene rings is 3. The van der Waals surface area contributed by atoms with Gasteiger partial charge < -0.3 is 19.3 Å². The number of carboxylic acid groups (broad SMARTS) is 1. The van der Waals surface area contributed by atoms with E-state index in [1.165, 1.54) is 18.3 Å². The van der Waals surface area contributed by atoms with E-state index in [4.69, 9.17) is 37.4 Å². The largest absolute Gasteiger partial charge is 0.478 e. The molecule has 2 atom stereocenters. The standard InChI is InChI=1S/C25H21Cl2NO5S/c1-15(31-14-16-3-5-17(26)6-4-16)25(2,23(29)30)33-20-10-8-19(9-11-20)32-24-28-21-12-7-18(27)13-22(21)34-24/h3-13,15H,14H2,1-2H3,(H,29,30). The Labute approximate surface area is 210 Å². The van der Waals surface area contributed by atoms with Crippen molar-refractivity contribution < 1.29 is 24.1 Å². The third kappa shape index (κ3) is 5.62. The predicted molar refractivity (Wildman–Crippen MR) is 134 cm³/mol. The molecule has 6 nitrogen and oxygen atoms in total. The third-order valence-electron chi connectivity index (χ3n) is 5.30. The van der Waals surface area contributed by atoms with Crippen molar-refractivity contribution in [3.8, 4) is 16.7 Å². The molecule has 1 heterocycles. The average molecular weight is 518 g/mol. The summed E-state index contributed by atoms with van der Waals surface area (Å²) in [6, 6.07) is 19.3. The fraction of sp³-hybridized carbons (Fsp3) is 0.200. The first-order valence-corrected chi connectivity index (χ1v) is 11.9. The summed E-state index contributed by atoms with van der Waals surface area (Å²) in [4.78, 5) is 16.5. The summed E-state index contributed by atoms with van der Waals surface area (Å²) in [5.41, 5.74) is 0.0675. The first kappa shape index (κ1) is 24.3. The minimum Gasteiger partial charge on any atom is -0.478 e. The molecule has 9 heteroatoms. The molecule has 0 amide bonds. The summed E-state index contributed by atoms with van der Waals surface area (Å²) in [6.45, 7) is 3.38. The van der Waals surface area contributed by atoms with Gasteiger partial charge >= 0.3 is 5.97 Å². The van der Waals surface area contributed by atoms with Crippen LogP contribution in [0.15, 0.2) is 66.7 Å². The van der Waals surface area contributed by atoms with Crippen molar-refractivity contribution in [3.63, 3.8) is 0 Å². The Morgan fingerprint density at radius 2 is 1.68 bits per heavy atom. The maximum Gasteiger partial charge on any atom is 0.350 e. The van der Waals surface area contributed by atoms with Gasteiger partial charge in [0, 0.05) is 10.0 Å². The van der Waals surface area contributed by atoms with Crippen molar-refractivity contribution in [2.45, 2.75) is 32.2 Å². The SMILES string of the molecule is CC(OCc1ccc(Cl)cc1)C(C)(Oc1ccc(Oc2nc3ccc(Cl)cc3s2)cc1)C(=O)O. The van der Waals surface area contributed by atoms with Crippen molar-refractivity contribution >= 4 is 50.7 Å². The third-order valence-corrected chi connectivity index (χ3v) is 6.69. The summed E-state index contributed by atoms with van der Waals surface area (Å²) in [6.07, 6.45) is -0.744. The summed E-state index contributed by atoms with van der Waals surface area (Å²) in [7, 11) is 0. The monoisotopic (exact) mass is 517 g/mol. The molecule has 1 aromatic heterocycles. The second kappa shape index (κ2) is 10.2. The van der Waals surface area contributed by atoms with E-state index in [1.54, 1.807) is 49.4 Å². The van der Waals surface area contributed by atoms with Crippen LogP contribution in [-0.2, 0) is 16.1 Å². The molecule has 0 fully saturated rings. The van der Waals surface area contributed by atoms with E-state index in [1.807, 2.05) is 24.3 Å². The fourth-order valence-electron chi connectivity index (χ4n) is 3.10. The molecule has 0 aliphatic heterocycles. The molecule has 2 unspecified atom stereocenters. The lowest BCUT2D eigenvalue weighted by Gasteiger charge is -2.32. The molecular formula is C25H21Cl2NO5S. The van der Waals surface area contributed by atoms with Crippen LogP contribution < -0.4 is 9.47 Å². The Bertz CT molecular complexity index is 1290. The molecule has 176 valence electrons. The van der Waals surface area contributed by atoms with E-state index < -0.39 is 17.7 Å². The van der Waals surface area contributed by atoms with E-state index in [2.05, 4.69) is 4.98 Å². The van der Waals surface area contributed by atoms with E-state index in [0.29, 0.717) is 26.7 Å². The minimum absolute atomic E-state index is 0.227. The lowest BCUT2D eigenvalue weighted by atomic mass is 10.00. The molecule has 0 saturated carbocycles. The van der Waals surface area contributed by atoms with Crippen LogP contribution in [0.25, 0.3) is 10.2 Å². The van der Waals surface area contributed by atoms with Gasteiger partial charge in [0.25, 0.3) is 5.19 Å². The van der Waals surface area contributed by atoms with Crippen molar-refractivity contribution in [1.82, 2.24) is 4.98 Å². The normalized spacial score (nSPS) is 13.9. The summed E-state index contributed by atoms with van der Waals surface area (Å²) < 4.78 is 18.4. The van der Waals surface area contributed by atoms with Gasteiger partial charge in [-0.25, -0.2) is 9.78 Å². The zero-order chi connectivity index (χ0) is 24.3. The van der Waals surface area contributed by atoms with Gasteiger partial charge in [0.2, 0.25) is 5.60 Å². The number of fused-ring (bicyclic) bond motifs is 1. The second-order valence-corrected chi connectivity index (χ2v) is 9.63. The Balaban J connectivity index is 1.42. The van der Waals surface area contributed by atoms with Crippen LogP contribution in [0.5, 0.6) is 16.7 Å². The highest BCUT2D eigenvalue weighted by Gasteiger charge is 2.42. The number of ether oxygens (including phenoxy) is 3. The fourth-order valence-corrected chi connectivity index (χ4v) is 4.34. The molecule has 4 aromatic rings. The number of halogens is 2. The average Bonchev–Trinajstić information content (AvgIpc) is 3.20. The molecule has 0 radical (unpaired) electrons. The highest BCUT2D eigenvalue weighted by molar-refractivity contribution is 7.20. The maximum absolute atomic E-state index is 12.1. The number of carboxylic acids is 1. The number of rotatable bonds is 9. The van der Waals surface area contributed by atoms with Crippen LogP contribution in [0.4, 0.5) is 0 Å². The molecular weight excluding hydrogens is 497 g/mol. The number of carbonyl (C=O) groups is 1. The highest BCUT2D eigenvalue weighted by Crippen LogP contribution is 2.34. The molecule has 3 aromatic carbocycles. The van der Waals surface area contributed by atoms with Gasteiger partial charge in [-0.2, -0.15) is 0 Å². The lowest BCUT2D eigenvalue weighted by Crippen LogP contribution is -2.51. The highest BCUT2D eigenvalue weighted by atomic mass is 35.5. The quantitative estimate of drug-likeness (QED) is 0.252. The molecule has 0 bridgehead atoms. The summed E-state index contributed by atoms with van der Waals surface area (Å²) in [5.74, 6) is -0.221. The van der Waals surface area contributed by atoms with E-state index in [-0.39, 0.29) is 6.61 Å². The van der Waals surface area contributed by atoms with Gasteiger partial charge in [-0.15, -0.1) is 0 Å². The van der Waals surface area contributed by atoms with Gasteiger partial charge in [0.1, 0.15) is 17.6 Å². The summed E-state index contributed by atoms with van der Waals surface area (Å²) >= 11 is 13.3. The topological polar surface area (TPSA) is 77.9 Å². The Hall–Kier alpha value is -2.84. The molecule has 0 spiro atoms. The number of hydrogen-bond acceptors (Lipinski definition) is 6. The molecule has 0 aliphatic carbocycles. The molecule has 0 aliphatic rings. The Kier molecular flexibility index (Phi) is 7.28. The summed E-state index contributed by atoms with van der Waals surface area (Å²) in [5, 5.41) is 11.6. The van der Waals surface area contributed by atoms with Gasteiger partial charge in [0.05, 0.1) is 16.8 Å². The number of hydrogen-bond donors (Lipinski definition) is 1. The van der Waals surface area contributed by atoms with Crippen LogP contribution in [0.1, 0.15) is 19.4 Å². The van der Waals surface area contributed by atoms with Crippen molar-refractivity contribution in [3.05, 3.63) is 82.3 Å². The number of thiazole rings is 1.